The fourth-order valence-electron chi connectivity index (χ4n) is 3.17. The van der Waals surface area contributed by atoms with E-state index in [0.29, 0.717) is 18.6 Å². The van der Waals surface area contributed by atoms with Gasteiger partial charge in [-0.3, -0.25) is 19.9 Å². The van der Waals surface area contributed by atoms with Gasteiger partial charge in [-0.1, -0.05) is 11.8 Å². The Kier molecular flexibility index (Phi) is 12.7. The van der Waals surface area contributed by atoms with E-state index in [9.17, 15) is 17.6 Å². The molecule has 6 aromatic rings. The summed E-state index contributed by atoms with van der Waals surface area (Å²) in [7, 11) is 0. The number of hydrogen-bond acceptors (Lipinski definition) is 7. The van der Waals surface area contributed by atoms with Gasteiger partial charge in [-0.15, -0.1) is 6.42 Å². The molecular weight excluding hydrogens is 689 g/mol. The minimum absolute atomic E-state index is 0.296. The van der Waals surface area contributed by atoms with Gasteiger partial charge in [0.05, 0.1) is 37.9 Å². The van der Waals surface area contributed by atoms with Gasteiger partial charge in [0, 0.05) is 55.2 Å². The fraction of sp³-hybridized carbons (Fsp3) is 0.100. The number of aromatic nitrogens is 8. The van der Waals surface area contributed by atoms with Gasteiger partial charge < -0.3 is 0 Å². The Bertz CT molecular complexity index is 1960. The zero-order chi connectivity index (χ0) is 31.9. The van der Waals surface area contributed by atoms with Crippen molar-refractivity contribution in [1.82, 2.24) is 39.5 Å². The van der Waals surface area contributed by atoms with E-state index in [4.69, 9.17) is 11.7 Å². The summed E-state index contributed by atoms with van der Waals surface area (Å²) in [5.74, 6) is 8.16. The Morgan fingerprint density at radius 1 is 0.773 bits per heavy atom. The van der Waals surface area contributed by atoms with E-state index < -0.39 is 13.1 Å². The summed E-state index contributed by atoms with van der Waals surface area (Å²) >= 11 is 1.92. The molecule has 14 heteroatoms. The summed E-state index contributed by atoms with van der Waals surface area (Å²) in [5, 5.41) is 14.3. The van der Waals surface area contributed by atoms with Crippen LogP contribution in [0.15, 0.2) is 85.8 Å². The normalized spacial score (nSPS) is 9.77. The second-order valence-corrected chi connectivity index (χ2v) is 9.26. The topological polar surface area (TPSA) is 111 Å². The number of rotatable bonds is 2. The summed E-state index contributed by atoms with van der Waals surface area (Å²) in [4.78, 5) is 16.6. The van der Waals surface area contributed by atoms with Crippen LogP contribution in [0.2, 0.25) is 0 Å². The van der Waals surface area contributed by atoms with Crippen molar-refractivity contribution in [1.29, 1.82) is 5.26 Å². The highest BCUT2D eigenvalue weighted by molar-refractivity contribution is 14.1. The van der Waals surface area contributed by atoms with Gasteiger partial charge in [0.1, 0.15) is 5.69 Å². The van der Waals surface area contributed by atoms with Crippen LogP contribution in [0.3, 0.4) is 0 Å². The third-order valence-electron chi connectivity index (χ3n) is 5.02. The molecule has 220 valence electrons. The van der Waals surface area contributed by atoms with Crippen LogP contribution in [0.25, 0.3) is 22.1 Å². The maximum Gasteiger partial charge on any atom is 0.333 e. The second kappa shape index (κ2) is 16.9. The molecule has 0 fully saturated rings. The molecule has 0 saturated heterocycles. The van der Waals surface area contributed by atoms with E-state index in [1.54, 1.807) is 43.0 Å². The van der Waals surface area contributed by atoms with Gasteiger partial charge in [-0.2, -0.15) is 33.0 Å². The Labute approximate surface area is 262 Å². The van der Waals surface area contributed by atoms with Gasteiger partial charge in [0.25, 0.3) is 0 Å². The van der Waals surface area contributed by atoms with E-state index in [-0.39, 0.29) is 0 Å². The van der Waals surface area contributed by atoms with Crippen molar-refractivity contribution in [2.75, 3.05) is 0 Å². The van der Waals surface area contributed by atoms with Gasteiger partial charge in [-0.05, 0) is 71.0 Å². The first kappa shape index (κ1) is 33.1. The van der Waals surface area contributed by atoms with E-state index in [1.807, 2.05) is 46.9 Å². The largest absolute Gasteiger partial charge is 0.333 e. The maximum absolute atomic E-state index is 12.4. The molecule has 0 N–H and O–H groups in total. The third kappa shape index (κ3) is 10.2. The van der Waals surface area contributed by atoms with E-state index >= 15 is 0 Å². The highest BCUT2D eigenvalue weighted by Gasteiger charge is 2.06. The summed E-state index contributed by atoms with van der Waals surface area (Å²) in [6, 6.07) is 14.2. The number of hydrogen-bond donors (Lipinski definition) is 0. The fourth-order valence-corrected chi connectivity index (χ4v) is 3.58. The molecule has 0 aliphatic heterocycles. The first-order valence-corrected chi connectivity index (χ1v) is 13.3. The summed E-state index contributed by atoms with van der Waals surface area (Å²) in [6.45, 7) is -3.74. The van der Waals surface area contributed by atoms with Crippen LogP contribution < -0.4 is 0 Å². The molecule has 0 aliphatic rings. The lowest BCUT2D eigenvalue weighted by Gasteiger charge is -1.95. The summed E-state index contributed by atoms with van der Waals surface area (Å²) < 4.78 is 50.0. The highest BCUT2D eigenvalue weighted by Crippen LogP contribution is 2.12. The number of terminal acetylenes is 1. The highest BCUT2D eigenvalue weighted by atomic mass is 127. The van der Waals surface area contributed by atoms with Gasteiger partial charge in [0.2, 0.25) is 0 Å². The van der Waals surface area contributed by atoms with Gasteiger partial charge >= 0.3 is 13.1 Å². The van der Waals surface area contributed by atoms with Gasteiger partial charge in [0.15, 0.2) is 0 Å². The minimum Gasteiger partial charge on any atom is -0.253 e. The van der Waals surface area contributed by atoms with E-state index in [2.05, 4.69) is 47.9 Å². The molecule has 0 saturated carbocycles. The number of benzene rings is 2. The molecule has 6 rings (SSSR count). The SMILES string of the molecule is C#Cc1ccc2nccnc2c1.CC#N.FC(F)n1cc(I)cn1.FC(F)n1ccc(C#Cc2ccc3nccnc3c2)n1. The van der Waals surface area contributed by atoms with Crippen molar-refractivity contribution >= 4 is 44.7 Å². The van der Waals surface area contributed by atoms with Crippen molar-refractivity contribution in [3.05, 3.63) is 106 Å². The van der Waals surface area contributed by atoms with Crippen molar-refractivity contribution in [2.24, 2.45) is 0 Å². The Hall–Kier alpha value is -5.40. The number of nitrogens with zero attached hydrogens (tertiary/aromatic N) is 9. The van der Waals surface area contributed by atoms with Crippen molar-refractivity contribution in [3.63, 3.8) is 0 Å². The molecule has 0 amide bonds. The third-order valence-corrected chi connectivity index (χ3v) is 5.58. The predicted octanol–water partition coefficient (Wildman–Crippen LogP) is 6.64. The molecule has 0 spiro atoms. The van der Waals surface area contributed by atoms with Crippen LogP contribution >= 0.6 is 22.6 Å². The Morgan fingerprint density at radius 3 is 1.75 bits per heavy atom. The first-order valence-electron chi connectivity index (χ1n) is 12.3. The molecule has 2 aromatic carbocycles. The Morgan fingerprint density at radius 2 is 1.30 bits per heavy atom. The van der Waals surface area contributed by atoms with Crippen LogP contribution in [-0.2, 0) is 0 Å². The zero-order valence-electron chi connectivity index (χ0n) is 22.7. The van der Waals surface area contributed by atoms with Crippen LogP contribution in [0.4, 0.5) is 17.6 Å². The number of alkyl halides is 4. The van der Waals surface area contributed by atoms with Crippen molar-refractivity contribution in [2.45, 2.75) is 20.0 Å². The van der Waals surface area contributed by atoms with Crippen molar-refractivity contribution < 1.29 is 17.6 Å². The van der Waals surface area contributed by atoms with Gasteiger partial charge in [-0.25, -0.2) is 9.36 Å². The first-order chi connectivity index (χ1) is 21.2. The average Bonchev–Trinajstić information content (AvgIpc) is 3.70. The molecule has 0 radical (unpaired) electrons. The molecule has 0 atom stereocenters. The van der Waals surface area contributed by atoms with Crippen LogP contribution in [0.5, 0.6) is 0 Å². The molecule has 44 heavy (non-hydrogen) atoms. The molecule has 0 unspecified atom stereocenters. The molecule has 4 heterocycles. The molecule has 9 nitrogen and oxygen atoms in total. The summed E-state index contributed by atoms with van der Waals surface area (Å²) in [6.07, 6.45) is 15.6. The quantitative estimate of drug-likeness (QED) is 0.113. The lowest BCUT2D eigenvalue weighted by atomic mass is 10.2. The second-order valence-electron chi connectivity index (χ2n) is 8.01. The lowest BCUT2D eigenvalue weighted by molar-refractivity contribution is 0.0561. The molecule has 4 aromatic heterocycles. The van der Waals surface area contributed by atoms with Crippen LogP contribution in [-0.4, -0.2) is 39.5 Å². The number of nitriles is 1. The predicted molar refractivity (Wildman–Crippen MR) is 164 cm³/mol. The Balaban J connectivity index is 0.000000187. The summed E-state index contributed by atoms with van der Waals surface area (Å²) in [5.41, 5.74) is 5.08. The standard InChI is InChI=1S/C14H8F2N4.C10H6N2.C4H3F2IN2.C2H3N/c15-14(16)20-8-5-11(19-20)3-1-10-2-4-12-13(9-10)18-7-6-17-12;1-2-8-3-4-9-10(7-8)12-6-5-11-9;5-4(6)9-2-3(7)1-8-9;1-2-3/h2,4-9,14H;1,3-7H;1-2,4H;1H3. The molecule has 0 aliphatic carbocycles. The van der Waals surface area contributed by atoms with Crippen molar-refractivity contribution in [3.8, 4) is 30.3 Å². The van der Waals surface area contributed by atoms with E-state index in [0.717, 1.165) is 33.2 Å². The smallest absolute Gasteiger partial charge is 0.253 e. The van der Waals surface area contributed by atoms with Crippen LogP contribution in [0, 0.1) is 39.1 Å². The van der Waals surface area contributed by atoms with Crippen LogP contribution in [0.1, 0.15) is 36.8 Å². The molecular formula is C30H20F4IN9. The maximum atomic E-state index is 12.4. The zero-order valence-corrected chi connectivity index (χ0v) is 24.9. The monoisotopic (exact) mass is 709 g/mol. The molecule has 0 bridgehead atoms. The average molecular weight is 709 g/mol. The lowest BCUT2D eigenvalue weighted by Crippen LogP contribution is -1.98. The number of halogens is 5. The van der Waals surface area contributed by atoms with E-state index in [1.165, 1.54) is 31.6 Å². The minimum atomic E-state index is -2.65. The number of fused-ring (bicyclic) bond motifs is 2.